The first-order valence-electron chi connectivity index (χ1n) is 7.68. The van der Waals surface area contributed by atoms with Crippen LogP contribution < -0.4 is 0 Å². The molecule has 0 saturated heterocycles. The Kier molecular flexibility index (Phi) is 5.46. The SMILES string of the molecule is Ic1ccc(CN2CC=C(/C=C/c3ccccc3)CC2)cc1. The third kappa shape index (κ3) is 4.55. The van der Waals surface area contributed by atoms with Crippen molar-refractivity contribution in [3.63, 3.8) is 0 Å². The van der Waals surface area contributed by atoms with E-state index < -0.39 is 0 Å². The smallest absolute Gasteiger partial charge is 0.0237 e. The molecule has 1 aliphatic rings. The fourth-order valence-electron chi connectivity index (χ4n) is 2.64. The Morgan fingerprint density at radius 2 is 1.73 bits per heavy atom. The van der Waals surface area contributed by atoms with Crippen LogP contribution in [0.5, 0.6) is 0 Å². The average molecular weight is 401 g/mol. The van der Waals surface area contributed by atoms with Crippen LogP contribution in [0, 0.1) is 3.57 Å². The molecule has 2 aromatic carbocycles. The predicted molar refractivity (Wildman–Crippen MR) is 103 cm³/mol. The molecule has 1 heterocycles. The van der Waals surface area contributed by atoms with E-state index in [1.807, 2.05) is 0 Å². The number of halogens is 1. The van der Waals surface area contributed by atoms with E-state index in [0.717, 1.165) is 26.1 Å². The minimum Gasteiger partial charge on any atom is -0.295 e. The normalized spacial score (nSPS) is 16.0. The van der Waals surface area contributed by atoms with Gasteiger partial charge in [0, 0.05) is 23.2 Å². The van der Waals surface area contributed by atoms with E-state index in [4.69, 9.17) is 0 Å². The van der Waals surface area contributed by atoms with E-state index in [0.29, 0.717) is 0 Å². The molecular weight excluding hydrogens is 381 g/mol. The van der Waals surface area contributed by atoms with Crippen LogP contribution in [0.25, 0.3) is 6.08 Å². The lowest BCUT2D eigenvalue weighted by Crippen LogP contribution is -2.28. The summed E-state index contributed by atoms with van der Waals surface area (Å²) in [5, 5.41) is 0. The zero-order valence-electron chi connectivity index (χ0n) is 12.6. The summed E-state index contributed by atoms with van der Waals surface area (Å²) in [7, 11) is 0. The molecule has 0 aromatic heterocycles. The number of benzene rings is 2. The molecule has 0 unspecified atom stereocenters. The van der Waals surface area contributed by atoms with Crippen molar-refractivity contribution in [3.05, 3.63) is 87.0 Å². The lowest BCUT2D eigenvalue weighted by Gasteiger charge is -2.25. The Bertz CT molecular complexity index is 656. The topological polar surface area (TPSA) is 3.24 Å². The third-order valence-corrected chi connectivity index (χ3v) is 4.66. The van der Waals surface area contributed by atoms with Crippen LogP contribution in [-0.4, -0.2) is 18.0 Å². The molecule has 0 radical (unpaired) electrons. The van der Waals surface area contributed by atoms with Crippen molar-refractivity contribution in [1.29, 1.82) is 0 Å². The Labute approximate surface area is 146 Å². The first kappa shape index (κ1) is 15.5. The van der Waals surface area contributed by atoms with Crippen LogP contribution >= 0.6 is 22.6 Å². The summed E-state index contributed by atoms with van der Waals surface area (Å²) in [6.07, 6.45) is 7.96. The van der Waals surface area contributed by atoms with Crippen molar-refractivity contribution in [1.82, 2.24) is 4.90 Å². The van der Waals surface area contributed by atoms with Gasteiger partial charge in [0.1, 0.15) is 0 Å². The van der Waals surface area contributed by atoms with Gasteiger partial charge in [-0.1, -0.05) is 60.7 Å². The van der Waals surface area contributed by atoms with Crippen LogP contribution in [-0.2, 0) is 6.54 Å². The summed E-state index contributed by atoms with van der Waals surface area (Å²) in [6.45, 7) is 3.22. The van der Waals surface area contributed by atoms with Gasteiger partial charge in [-0.05, 0) is 57.8 Å². The Morgan fingerprint density at radius 3 is 2.41 bits per heavy atom. The molecule has 2 heteroatoms. The van der Waals surface area contributed by atoms with Crippen LogP contribution in [0.3, 0.4) is 0 Å². The summed E-state index contributed by atoms with van der Waals surface area (Å²) >= 11 is 2.35. The predicted octanol–water partition coefficient (Wildman–Crippen LogP) is 5.14. The third-order valence-electron chi connectivity index (χ3n) is 3.94. The molecule has 0 N–H and O–H groups in total. The fourth-order valence-corrected chi connectivity index (χ4v) is 3.00. The van der Waals surface area contributed by atoms with Gasteiger partial charge < -0.3 is 0 Å². The van der Waals surface area contributed by atoms with E-state index in [9.17, 15) is 0 Å². The van der Waals surface area contributed by atoms with Crippen molar-refractivity contribution < 1.29 is 0 Å². The van der Waals surface area contributed by atoms with Crippen LogP contribution in [0.15, 0.2) is 72.3 Å². The molecule has 22 heavy (non-hydrogen) atoms. The number of hydrogen-bond donors (Lipinski definition) is 0. The minimum absolute atomic E-state index is 1.04. The number of hydrogen-bond acceptors (Lipinski definition) is 1. The lowest BCUT2D eigenvalue weighted by molar-refractivity contribution is 0.287. The zero-order chi connectivity index (χ0) is 15.2. The van der Waals surface area contributed by atoms with Crippen molar-refractivity contribution in [2.45, 2.75) is 13.0 Å². The van der Waals surface area contributed by atoms with Gasteiger partial charge in [0.05, 0.1) is 0 Å². The van der Waals surface area contributed by atoms with E-state index in [-0.39, 0.29) is 0 Å². The second kappa shape index (κ2) is 7.75. The maximum atomic E-state index is 2.50. The average Bonchev–Trinajstić information content (AvgIpc) is 2.57. The molecule has 1 aliphatic heterocycles. The van der Waals surface area contributed by atoms with Crippen LogP contribution in [0.1, 0.15) is 17.5 Å². The largest absolute Gasteiger partial charge is 0.295 e. The van der Waals surface area contributed by atoms with Gasteiger partial charge in [-0.2, -0.15) is 0 Å². The van der Waals surface area contributed by atoms with Crippen molar-refractivity contribution in [2.24, 2.45) is 0 Å². The zero-order valence-corrected chi connectivity index (χ0v) is 14.7. The maximum absolute atomic E-state index is 2.50. The molecule has 3 rings (SSSR count). The standard InChI is InChI=1S/C20H20IN/c21-20-10-8-19(9-11-20)16-22-14-12-18(13-15-22)7-6-17-4-2-1-3-5-17/h1-12H,13-16H2/b7-6+. The molecule has 0 atom stereocenters. The summed E-state index contributed by atoms with van der Waals surface area (Å²) < 4.78 is 1.30. The van der Waals surface area contributed by atoms with Crippen LogP contribution in [0.4, 0.5) is 0 Å². The van der Waals surface area contributed by atoms with Gasteiger partial charge in [0.15, 0.2) is 0 Å². The minimum atomic E-state index is 1.04. The monoisotopic (exact) mass is 401 g/mol. The van der Waals surface area contributed by atoms with Gasteiger partial charge in [0.2, 0.25) is 0 Å². The molecule has 2 aromatic rings. The van der Waals surface area contributed by atoms with E-state index in [1.54, 1.807) is 0 Å². The molecule has 112 valence electrons. The number of allylic oxidation sites excluding steroid dienone is 1. The van der Waals surface area contributed by atoms with E-state index in [1.165, 1.54) is 20.3 Å². The van der Waals surface area contributed by atoms with Gasteiger partial charge in [-0.3, -0.25) is 4.90 Å². The molecule has 0 bridgehead atoms. The van der Waals surface area contributed by atoms with Crippen molar-refractivity contribution in [3.8, 4) is 0 Å². The van der Waals surface area contributed by atoms with Crippen LogP contribution in [0.2, 0.25) is 0 Å². The maximum Gasteiger partial charge on any atom is 0.0237 e. The van der Waals surface area contributed by atoms with Crippen molar-refractivity contribution in [2.75, 3.05) is 13.1 Å². The molecule has 0 aliphatic carbocycles. The second-order valence-electron chi connectivity index (χ2n) is 5.63. The molecule has 0 fully saturated rings. The van der Waals surface area contributed by atoms with Gasteiger partial charge in [-0.15, -0.1) is 0 Å². The van der Waals surface area contributed by atoms with Gasteiger partial charge in [0.25, 0.3) is 0 Å². The Balaban J connectivity index is 1.55. The van der Waals surface area contributed by atoms with E-state index in [2.05, 4.69) is 100 Å². The lowest BCUT2D eigenvalue weighted by atomic mass is 10.1. The molecule has 0 saturated carbocycles. The summed E-state index contributed by atoms with van der Waals surface area (Å²) in [5.74, 6) is 0. The summed E-state index contributed by atoms with van der Waals surface area (Å²) in [5.41, 5.74) is 4.12. The van der Waals surface area contributed by atoms with Gasteiger partial charge in [-0.25, -0.2) is 0 Å². The highest BCUT2D eigenvalue weighted by Gasteiger charge is 2.10. The highest BCUT2D eigenvalue weighted by molar-refractivity contribution is 14.1. The molecule has 0 amide bonds. The highest BCUT2D eigenvalue weighted by atomic mass is 127. The fraction of sp³-hybridized carbons (Fsp3) is 0.200. The second-order valence-corrected chi connectivity index (χ2v) is 6.88. The molecular formula is C20H20IN. The first-order valence-corrected chi connectivity index (χ1v) is 8.76. The van der Waals surface area contributed by atoms with Crippen molar-refractivity contribution >= 4 is 28.7 Å². The summed E-state index contributed by atoms with van der Waals surface area (Å²) in [6, 6.07) is 19.3. The highest BCUT2D eigenvalue weighted by Crippen LogP contribution is 2.16. The first-order chi connectivity index (χ1) is 10.8. The number of rotatable bonds is 4. The van der Waals surface area contributed by atoms with E-state index >= 15 is 0 Å². The molecule has 1 nitrogen and oxygen atoms in total. The van der Waals surface area contributed by atoms with Gasteiger partial charge >= 0.3 is 0 Å². The number of nitrogens with zero attached hydrogens (tertiary/aromatic N) is 1. The Hall–Kier alpha value is -1.39. The summed E-state index contributed by atoms with van der Waals surface area (Å²) in [4.78, 5) is 2.50. The quantitative estimate of drug-likeness (QED) is 0.642. The molecule has 0 spiro atoms. The Morgan fingerprint density at radius 1 is 0.955 bits per heavy atom.